The van der Waals surface area contributed by atoms with E-state index >= 15 is 0 Å². The Morgan fingerprint density at radius 2 is 1.70 bits per heavy atom. The smallest absolute Gasteiger partial charge is 0.298 e. The molecule has 0 aliphatic rings. The van der Waals surface area contributed by atoms with Crippen LogP contribution < -0.4 is 0 Å². The summed E-state index contributed by atoms with van der Waals surface area (Å²) in [6, 6.07) is 9.29. The van der Waals surface area contributed by atoms with Crippen molar-refractivity contribution in [2.45, 2.75) is 24.7 Å². The average molecular weight is 295 g/mol. The van der Waals surface area contributed by atoms with Crippen molar-refractivity contribution in [2.75, 3.05) is 0 Å². The Bertz CT molecular complexity index is 627. The third-order valence-electron chi connectivity index (χ3n) is 2.43. The minimum absolute atomic E-state index is 0.449. The lowest BCUT2D eigenvalue weighted by Gasteiger charge is -1.97. The number of aryl methyl sites for hydroxylation is 1. The highest BCUT2D eigenvalue weighted by molar-refractivity contribution is 7.86. The van der Waals surface area contributed by atoms with E-state index in [1.165, 1.54) is 36.6 Å². The molecule has 1 heterocycles. The van der Waals surface area contributed by atoms with E-state index in [0.29, 0.717) is 0 Å². The Labute approximate surface area is 118 Å². The number of nitrogens with zero attached hydrogens (tertiary/aromatic N) is 1. The zero-order chi connectivity index (χ0) is 15.0. The third kappa shape index (κ3) is 5.38. The second-order valence-corrected chi connectivity index (χ2v) is 5.44. The predicted molar refractivity (Wildman–Crippen MR) is 76.2 cm³/mol. The Morgan fingerprint density at radius 1 is 1.10 bits per heavy atom. The lowest BCUT2D eigenvalue weighted by molar-refractivity contribution is 0.443. The van der Waals surface area contributed by atoms with E-state index in [1.54, 1.807) is 0 Å². The first-order valence-electron chi connectivity index (χ1n) is 6.09. The van der Waals surface area contributed by atoms with Crippen LogP contribution in [-0.2, 0) is 16.5 Å². The second-order valence-electron chi connectivity index (χ2n) is 4.05. The molecule has 2 rings (SSSR count). The Hall–Kier alpha value is -1.92. The third-order valence-corrected chi connectivity index (χ3v) is 3.33. The highest BCUT2D eigenvalue weighted by atomic mass is 32.2. The summed E-state index contributed by atoms with van der Waals surface area (Å²) < 4.78 is 29.4. The van der Waals surface area contributed by atoms with Gasteiger partial charge in [0.25, 0.3) is 10.1 Å². The molecular weight excluding hydrogens is 278 g/mol. The standard InChI is InChI=1S/C8H11N.C6H6O4S/c1-2-3-8-4-6-9-7-5-8;7-5-3-1-2-4-6(5)11(8,9)10/h4-7H,2-3H2,1H3;1-4,7H,(H,8,9,10). The van der Waals surface area contributed by atoms with Crippen LogP contribution in [0, 0.1) is 0 Å². The molecular formula is C14H17NO4S. The van der Waals surface area contributed by atoms with Gasteiger partial charge in [-0.15, -0.1) is 0 Å². The molecule has 0 aliphatic heterocycles. The largest absolute Gasteiger partial charge is 0.506 e. The van der Waals surface area contributed by atoms with Gasteiger partial charge in [0.2, 0.25) is 0 Å². The van der Waals surface area contributed by atoms with Gasteiger partial charge < -0.3 is 5.11 Å². The molecule has 0 radical (unpaired) electrons. The lowest BCUT2D eigenvalue weighted by atomic mass is 10.2. The Morgan fingerprint density at radius 3 is 2.15 bits per heavy atom. The van der Waals surface area contributed by atoms with Crippen molar-refractivity contribution in [3.8, 4) is 5.75 Å². The number of rotatable bonds is 3. The quantitative estimate of drug-likeness (QED) is 0.850. The van der Waals surface area contributed by atoms with Gasteiger partial charge in [0.05, 0.1) is 0 Å². The molecule has 0 bridgehead atoms. The normalized spacial score (nSPS) is 10.5. The van der Waals surface area contributed by atoms with Crippen LogP contribution in [0.15, 0.2) is 53.7 Å². The molecule has 0 saturated carbocycles. The monoisotopic (exact) mass is 295 g/mol. The number of benzene rings is 1. The van der Waals surface area contributed by atoms with Gasteiger partial charge in [-0.05, 0) is 36.2 Å². The van der Waals surface area contributed by atoms with Crippen molar-refractivity contribution in [3.05, 3.63) is 54.4 Å². The summed E-state index contributed by atoms with van der Waals surface area (Å²) in [4.78, 5) is 3.46. The van der Waals surface area contributed by atoms with Gasteiger partial charge in [-0.25, -0.2) is 0 Å². The van der Waals surface area contributed by atoms with Crippen molar-refractivity contribution in [1.29, 1.82) is 0 Å². The summed E-state index contributed by atoms with van der Waals surface area (Å²) >= 11 is 0. The zero-order valence-electron chi connectivity index (χ0n) is 11.1. The van der Waals surface area contributed by atoms with Crippen LogP contribution in [0.25, 0.3) is 0 Å². The summed E-state index contributed by atoms with van der Waals surface area (Å²) in [6.07, 6.45) is 6.06. The van der Waals surface area contributed by atoms with Crippen molar-refractivity contribution < 1.29 is 18.1 Å². The molecule has 1 aromatic heterocycles. The molecule has 108 valence electrons. The van der Waals surface area contributed by atoms with E-state index in [9.17, 15) is 8.42 Å². The fourth-order valence-electron chi connectivity index (χ4n) is 1.51. The first-order valence-corrected chi connectivity index (χ1v) is 7.53. The lowest BCUT2D eigenvalue weighted by Crippen LogP contribution is -1.97. The summed E-state index contributed by atoms with van der Waals surface area (Å²) in [5.41, 5.74) is 1.38. The molecule has 0 saturated heterocycles. The number of hydrogen-bond acceptors (Lipinski definition) is 4. The second kappa shape index (κ2) is 7.62. The van der Waals surface area contributed by atoms with Crippen molar-refractivity contribution in [1.82, 2.24) is 4.98 Å². The van der Waals surface area contributed by atoms with Crippen molar-refractivity contribution in [2.24, 2.45) is 0 Å². The molecule has 2 N–H and O–H groups in total. The maximum atomic E-state index is 10.4. The molecule has 2 aromatic rings. The molecule has 0 amide bonds. The number of aromatic nitrogens is 1. The topological polar surface area (TPSA) is 87.5 Å². The summed E-state index contributed by atoms with van der Waals surface area (Å²) in [5, 5.41) is 8.91. The van der Waals surface area contributed by atoms with E-state index in [4.69, 9.17) is 9.66 Å². The van der Waals surface area contributed by atoms with E-state index in [2.05, 4.69) is 24.0 Å². The number of phenols is 1. The Kier molecular flexibility index (Phi) is 6.14. The number of pyridine rings is 1. The van der Waals surface area contributed by atoms with Gasteiger partial charge in [0.15, 0.2) is 0 Å². The van der Waals surface area contributed by atoms with E-state index in [1.807, 2.05) is 12.4 Å². The molecule has 5 nitrogen and oxygen atoms in total. The van der Waals surface area contributed by atoms with Gasteiger partial charge in [-0.2, -0.15) is 8.42 Å². The maximum absolute atomic E-state index is 10.4. The van der Waals surface area contributed by atoms with Crippen LogP contribution >= 0.6 is 0 Å². The highest BCUT2D eigenvalue weighted by Gasteiger charge is 2.12. The van der Waals surface area contributed by atoms with Crippen LogP contribution in [0.1, 0.15) is 18.9 Å². The summed E-state index contributed by atoms with van der Waals surface area (Å²) in [5.74, 6) is -0.449. The number of aromatic hydroxyl groups is 1. The van der Waals surface area contributed by atoms with Gasteiger partial charge in [-0.3, -0.25) is 9.54 Å². The molecule has 0 spiro atoms. The van der Waals surface area contributed by atoms with Crippen LogP contribution in [0.4, 0.5) is 0 Å². The summed E-state index contributed by atoms with van der Waals surface area (Å²) in [7, 11) is -4.28. The first kappa shape index (κ1) is 16.1. The number of para-hydroxylation sites is 1. The van der Waals surface area contributed by atoms with Crippen molar-refractivity contribution in [3.63, 3.8) is 0 Å². The predicted octanol–water partition coefficient (Wildman–Crippen LogP) is 2.67. The maximum Gasteiger partial charge on any atom is 0.298 e. The first-order chi connectivity index (χ1) is 9.45. The zero-order valence-corrected chi connectivity index (χ0v) is 11.9. The fourth-order valence-corrected chi connectivity index (χ4v) is 2.10. The molecule has 0 atom stereocenters. The van der Waals surface area contributed by atoms with Gasteiger partial charge in [0.1, 0.15) is 10.6 Å². The minimum atomic E-state index is -4.28. The molecule has 1 aromatic carbocycles. The SMILES string of the molecule is CCCc1ccncc1.O=S(=O)(O)c1ccccc1O. The fraction of sp³-hybridized carbons (Fsp3) is 0.214. The van der Waals surface area contributed by atoms with E-state index in [0.717, 1.165) is 6.07 Å². The number of hydrogen-bond donors (Lipinski definition) is 2. The molecule has 0 unspecified atom stereocenters. The number of phenolic OH excluding ortho intramolecular Hbond substituents is 1. The molecule has 20 heavy (non-hydrogen) atoms. The van der Waals surface area contributed by atoms with Gasteiger partial charge >= 0.3 is 0 Å². The molecule has 6 heteroatoms. The van der Waals surface area contributed by atoms with Crippen LogP contribution in [0.5, 0.6) is 5.75 Å². The molecule has 0 aliphatic carbocycles. The van der Waals surface area contributed by atoms with Crippen molar-refractivity contribution >= 4 is 10.1 Å². The van der Waals surface area contributed by atoms with Crippen LogP contribution in [0.3, 0.4) is 0 Å². The van der Waals surface area contributed by atoms with Gasteiger partial charge in [-0.1, -0.05) is 25.5 Å². The summed E-state index contributed by atoms with van der Waals surface area (Å²) in [6.45, 7) is 2.18. The minimum Gasteiger partial charge on any atom is -0.506 e. The van der Waals surface area contributed by atoms with Crippen LogP contribution in [-0.4, -0.2) is 23.1 Å². The van der Waals surface area contributed by atoms with E-state index in [-0.39, 0.29) is 0 Å². The van der Waals surface area contributed by atoms with E-state index < -0.39 is 20.8 Å². The van der Waals surface area contributed by atoms with Crippen LogP contribution in [0.2, 0.25) is 0 Å². The Balaban J connectivity index is 0.000000204. The average Bonchev–Trinajstić information content (AvgIpc) is 2.40. The van der Waals surface area contributed by atoms with Gasteiger partial charge in [0, 0.05) is 12.4 Å². The molecule has 0 fully saturated rings. The highest BCUT2D eigenvalue weighted by Crippen LogP contribution is 2.20.